The molecule has 0 radical (unpaired) electrons. The zero-order valence-electron chi connectivity index (χ0n) is 22.7. The summed E-state index contributed by atoms with van der Waals surface area (Å²) in [5.74, 6) is -9.67. The van der Waals surface area contributed by atoms with Crippen molar-refractivity contribution >= 4 is 69.6 Å². The van der Waals surface area contributed by atoms with Gasteiger partial charge < -0.3 is 10.6 Å². The molecule has 1 aliphatic carbocycles. The Hall–Kier alpha value is -4.50. The molecule has 3 aromatic carbocycles. The first-order chi connectivity index (χ1) is 21.5. The van der Waals surface area contributed by atoms with Crippen LogP contribution in [-0.4, -0.2) is 28.6 Å². The van der Waals surface area contributed by atoms with E-state index in [9.17, 15) is 36.3 Å². The lowest BCUT2D eigenvalue weighted by atomic mass is 10.0. The van der Waals surface area contributed by atoms with Crippen molar-refractivity contribution in [1.82, 2.24) is 0 Å². The van der Waals surface area contributed by atoms with E-state index in [0.717, 1.165) is 18.2 Å². The van der Waals surface area contributed by atoms with Crippen molar-refractivity contribution in [3.63, 3.8) is 0 Å². The van der Waals surface area contributed by atoms with Crippen LogP contribution in [0, 0.1) is 46.0 Å². The topological polar surface area (TPSA) is 126 Å². The number of alkyl halides is 5. The van der Waals surface area contributed by atoms with Gasteiger partial charge in [-0.15, -0.1) is 23.2 Å². The molecule has 1 saturated carbocycles. The molecule has 0 heterocycles. The molecule has 0 unspecified atom stereocenters. The Morgan fingerprint density at radius 3 is 2.24 bits per heavy atom. The van der Waals surface area contributed by atoms with E-state index in [2.05, 4.69) is 10.6 Å². The Bertz CT molecular complexity index is 1840. The lowest BCUT2D eigenvalue weighted by Crippen LogP contribution is -2.32. The predicted molar refractivity (Wildman–Crippen MR) is 155 cm³/mol. The van der Waals surface area contributed by atoms with Gasteiger partial charge in [0.2, 0.25) is 11.8 Å². The molecule has 238 valence electrons. The number of halogens is 9. The van der Waals surface area contributed by atoms with Gasteiger partial charge in [-0.2, -0.15) is 23.7 Å². The van der Waals surface area contributed by atoms with Crippen LogP contribution in [0.25, 0.3) is 0 Å². The molecule has 3 amide bonds. The lowest BCUT2D eigenvalue weighted by molar-refractivity contribution is -0.140. The molecular formula is C29H16Cl3F6N5O3. The zero-order valence-corrected chi connectivity index (χ0v) is 24.9. The molecule has 0 aromatic heterocycles. The zero-order chi connectivity index (χ0) is 34.1. The monoisotopic (exact) mass is 701 g/mol. The van der Waals surface area contributed by atoms with E-state index in [-0.39, 0.29) is 21.8 Å². The van der Waals surface area contributed by atoms with Crippen LogP contribution in [-0.2, 0) is 15.8 Å². The van der Waals surface area contributed by atoms with E-state index in [0.29, 0.717) is 23.1 Å². The molecule has 0 aliphatic heterocycles. The van der Waals surface area contributed by atoms with E-state index in [4.69, 9.17) is 45.3 Å². The first-order valence-corrected chi connectivity index (χ1v) is 13.8. The highest BCUT2D eigenvalue weighted by Crippen LogP contribution is 2.65. The number of benzene rings is 3. The fourth-order valence-electron chi connectivity index (χ4n) is 4.62. The van der Waals surface area contributed by atoms with Crippen LogP contribution < -0.4 is 15.5 Å². The number of amides is 3. The van der Waals surface area contributed by atoms with Crippen LogP contribution in [0.2, 0.25) is 5.02 Å². The number of anilines is 3. The van der Waals surface area contributed by atoms with Gasteiger partial charge >= 0.3 is 6.18 Å². The molecule has 3 aromatic rings. The maximum absolute atomic E-state index is 15.4. The van der Waals surface area contributed by atoms with Crippen LogP contribution in [0.4, 0.5) is 43.4 Å². The van der Waals surface area contributed by atoms with Gasteiger partial charge in [0.05, 0.1) is 39.9 Å². The van der Waals surface area contributed by atoms with E-state index >= 15 is 4.39 Å². The lowest BCUT2D eigenvalue weighted by Gasteiger charge is -2.21. The minimum atomic E-state index is -5.02. The summed E-state index contributed by atoms with van der Waals surface area (Å²) in [6.45, 7) is -0.808. The molecular weight excluding hydrogens is 687 g/mol. The van der Waals surface area contributed by atoms with E-state index < -0.39 is 87.4 Å². The largest absolute Gasteiger partial charge is 0.419 e. The average Bonchev–Trinajstić information content (AvgIpc) is 3.56. The predicted octanol–water partition coefficient (Wildman–Crippen LogP) is 7.32. The van der Waals surface area contributed by atoms with Crippen molar-refractivity contribution in [2.24, 2.45) is 5.92 Å². The average molecular weight is 703 g/mol. The first kappa shape index (κ1) is 34.4. The standard InChI is InChI=1S/C29H16Cl3F6N5O3/c30-17-3-2-14(41-27(46)23-22(28(23,31)32)13-1-4-18(33)16(11-13)29(36,37)38)12-15(17)26(45)42-20-6-5-19(34)25(24(20)35)43(10-9-40)21(44)7-8-39/h1-6,11-12,22-23H,7,10H2,(H,41,46)(H,42,45)/t22-,23+/m0/s1. The maximum Gasteiger partial charge on any atom is 0.419 e. The summed E-state index contributed by atoms with van der Waals surface area (Å²) in [7, 11) is 0. The van der Waals surface area contributed by atoms with Crippen molar-refractivity contribution in [2.45, 2.75) is 22.8 Å². The van der Waals surface area contributed by atoms with Crippen molar-refractivity contribution < 1.29 is 40.7 Å². The molecule has 0 spiro atoms. The Morgan fingerprint density at radius 2 is 1.61 bits per heavy atom. The highest BCUT2D eigenvalue weighted by Gasteiger charge is 2.67. The fraction of sp³-hybridized carbons (Fsp3) is 0.207. The smallest absolute Gasteiger partial charge is 0.326 e. The van der Waals surface area contributed by atoms with E-state index in [1.54, 1.807) is 6.07 Å². The van der Waals surface area contributed by atoms with Gasteiger partial charge in [-0.25, -0.2) is 13.2 Å². The Kier molecular flexibility index (Phi) is 9.78. The fourth-order valence-corrected chi connectivity index (χ4v) is 5.65. The molecule has 2 atom stereocenters. The molecule has 17 heteroatoms. The van der Waals surface area contributed by atoms with Gasteiger partial charge in [0, 0.05) is 11.6 Å². The second-order valence-electron chi connectivity index (χ2n) is 9.74. The van der Waals surface area contributed by atoms with Crippen LogP contribution >= 0.6 is 34.8 Å². The van der Waals surface area contributed by atoms with Gasteiger partial charge in [0.25, 0.3) is 5.91 Å². The van der Waals surface area contributed by atoms with Crippen LogP contribution in [0.3, 0.4) is 0 Å². The summed E-state index contributed by atoms with van der Waals surface area (Å²) in [6, 6.07) is 10.2. The van der Waals surface area contributed by atoms with E-state index in [1.165, 1.54) is 18.2 Å². The molecule has 4 rings (SSSR count). The number of rotatable bonds is 8. The summed E-state index contributed by atoms with van der Waals surface area (Å²) in [6.07, 6.45) is -5.81. The third-order valence-corrected chi connectivity index (χ3v) is 8.08. The summed E-state index contributed by atoms with van der Waals surface area (Å²) < 4.78 is 81.4. The van der Waals surface area contributed by atoms with Gasteiger partial charge in [0.15, 0.2) is 5.82 Å². The second-order valence-corrected chi connectivity index (χ2v) is 11.6. The van der Waals surface area contributed by atoms with Crippen LogP contribution in [0.5, 0.6) is 0 Å². The highest BCUT2D eigenvalue weighted by molar-refractivity contribution is 6.53. The first-order valence-electron chi connectivity index (χ1n) is 12.7. The Morgan fingerprint density at radius 1 is 0.935 bits per heavy atom. The third kappa shape index (κ3) is 6.84. The van der Waals surface area contributed by atoms with Crippen LogP contribution in [0.15, 0.2) is 48.5 Å². The summed E-state index contributed by atoms with van der Waals surface area (Å²) in [5, 5.41) is 22.2. The molecule has 2 N–H and O–H groups in total. The van der Waals surface area contributed by atoms with Crippen molar-refractivity contribution in [3.05, 3.63) is 87.7 Å². The van der Waals surface area contributed by atoms with Crippen molar-refractivity contribution in [2.75, 3.05) is 22.1 Å². The number of nitriles is 2. The molecule has 46 heavy (non-hydrogen) atoms. The summed E-state index contributed by atoms with van der Waals surface area (Å²) in [4.78, 5) is 38.7. The van der Waals surface area contributed by atoms with Gasteiger partial charge in [-0.3, -0.25) is 19.3 Å². The minimum absolute atomic E-state index is 0.0630. The molecule has 0 saturated heterocycles. The number of hydrogen-bond donors (Lipinski definition) is 2. The van der Waals surface area contributed by atoms with Gasteiger partial charge in [-0.05, 0) is 48.0 Å². The number of nitrogens with zero attached hydrogens (tertiary/aromatic N) is 3. The van der Waals surface area contributed by atoms with Gasteiger partial charge in [0.1, 0.15) is 34.6 Å². The highest BCUT2D eigenvalue weighted by atomic mass is 35.5. The number of hydrogen-bond acceptors (Lipinski definition) is 5. The molecule has 8 nitrogen and oxygen atoms in total. The van der Waals surface area contributed by atoms with Gasteiger partial charge in [-0.1, -0.05) is 17.7 Å². The quantitative estimate of drug-likeness (QED) is 0.145. The molecule has 1 aliphatic rings. The number of carbonyl (C=O) groups is 3. The Labute approximate surface area is 271 Å². The summed E-state index contributed by atoms with van der Waals surface area (Å²) in [5.41, 5.74) is -3.72. The van der Waals surface area contributed by atoms with E-state index in [1.807, 2.05) is 0 Å². The van der Waals surface area contributed by atoms with Crippen LogP contribution in [0.1, 0.15) is 33.8 Å². The van der Waals surface area contributed by atoms with Crippen molar-refractivity contribution in [1.29, 1.82) is 10.5 Å². The third-order valence-electron chi connectivity index (χ3n) is 6.81. The number of carbonyl (C=O) groups excluding carboxylic acids is 3. The number of nitrogens with one attached hydrogen (secondary N) is 2. The SMILES string of the molecule is N#CCC(=O)N(CC#N)c1c(F)ccc(NC(=O)c2cc(NC(=O)[C@H]3[C@H](c4ccc(F)c(C(F)(F)F)c4)C3(Cl)Cl)ccc2Cl)c1F. The Balaban J connectivity index is 1.56. The molecule has 0 bridgehead atoms. The normalized spacial score (nSPS) is 16.5. The molecule has 1 fully saturated rings. The van der Waals surface area contributed by atoms with Crippen molar-refractivity contribution in [3.8, 4) is 12.1 Å². The second kappa shape index (κ2) is 13.1. The maximum atomic E-state index is 15.4. The minimum Gasteiger partial charge on any atom is -0.326 e. The summed E-state index contributed by atoms with van der Waals surface area (Å²) >= 11 is 18.6.